The van der Waals surface area contributed by atoms with Gasteiger partial charge in [-0.2, -0.15) is 0 Å². The van der Waals surface area contributed by atoms with Crippen LogP contribution in [0.5, 0.6) is 0 Å². The van der Waals surface area contributed by atoms with Gasteiger partial charge in [-0.15, -0.1) is 10.2 Å². The number of rotatable bonds is 7. The minimum absolute atomic E-state index is 0.0407. The Morgan fingerprint density at radius 2 is 1.86 bits per heavy atom. The third-order valence-electron chi connectivity index (χ3n) is 5.32. The van der Waals surface area contributed by atoms with Crippen LogP contribution in [0, 0.1) is 0 Å². The van der Waals surface area contributed by atoms with Gasteiger partial charge in [0.25, 0.3) is 5.91 Å². The van der Waals surface area contributed by atoms with E-state index < -0.39 is 0 Å². The number of carbonyl (C=O) groups excluding carboxylic acids is 1. The lowest BCUT2D eigenvalue weighted by Gasteiger charge is -2.20. The van der Waals surface area contributed by atoms with Crippen molar-refractivity contribution in [3.8, 4) is 0 Å². The zero-order valence-corrected chi connectivity index (χ0v) is 17.4. The van der Waals surface area contributed by atoms with Crippen LogP contribution in [0.3, 0.4) is 0 Å². The van der Waals surface area contributed by atoms with Gasteiger partial charge in [-0.1, -0.05) is 60.3 Å². The third kappa shape index (κ3) is 4.86. The van der Waals surface area contributed by atoms with Crippen LogP contribution >= 0.6 is 11.8 Å². The number of anilines is 1. The first-order chi connectivity index (χ1) is 14.2. The molecular weight excluding hydrogens is 382 g/mol. The Morgan fingerprint density at radius 1 is 1.14 bits per heavy atom. The van der Waals surface area contributed by atoms with E-state index in [1.54, 1.807) is 11.8 Å². The van der Waals surface area contributed by atoms with Crippen LogP contribution in [-0.4, -0.2) is 33.8 Å². The molecule has 4 rings (SSSR count). The number of carbonyl (C=O) groups is 1. The van der Waals surface area contributed by atoms with Gasteiger partial charge in [-0.05, 0) is 17.7 Å². The van der Waals surface area contributed by atoms with E-state index in [0.717, 1.165) is 41.8 Å². The van der Waals surface area contributed by atoms with Crippen LogP contribution in [0.1, 0.15) is 30.3 Å². The molecule has 1 fully saturated rings. The molecule has 2 heterocycles. The number of quaternary nitrogens is 1. The molecule has 150 valence electrons. The molecule has 0 saturated carbocycles. The maximum absolute atomic E-state index is 12.5. The lowest BCUT2D eigenvalue weighted by molar-refractivity contribution is -0.911. The van der Waals surface area contributed by atoms with Gasteiger partial charge in [0.05, 0.1) is 6.54 Å². The van der Waals surface area contributed by atoms with Crippen molar-refractivity contribution in [3.05, 3.63) is 72.1 Å². The molecule has 0 bridgehead atoms. The quantitative estimate of drug-likeness (QED) is 0.590. The summed E-state index contributed by atoms with van der Waals surface area (Å²) in [5, 5.41) is 12.8. The van der Waals surface area contributed by atoms with Crippen LogP contribution in [0.25, 0.3) is 0 Å². The van der Waals surface area contributed by atoms with Crippen molar-refractivity contribution in [1.29, 1.82) is 0 Å². The van der Waals surface area contributed by atoms with Crippen LogP contribution < -0.4 is 10.2 Å². The van der Waals surface area contributed by atoms with Crippen molar-refractivity contribution in [3.63, 3.8) is 0 Å². The smallest absolute Gasteiger partial charge is 0.279 e. The highest BCUT2D eigenvalue weighted by Gasteiger charge is 2.35. The number of hydrogen-bond donors (Lipinski definition) is 2. The van der Waals surface area contributed by atoms with Gasteiger partial charge in [-0.3, -0.25) is 4.79 Å². The van der Waals surface area contributed by atoms with E-state index in [0.29, 0.717) is 6.54 Å². The Bertz CT molecular complexity index is 944. The third-order valence-corrected chi connectivity index (χ3v) is 6.41. The fourth-order valence-corrected chi connectivity index (χ4v) is 4.72. The van der Waals surface area contributed by atoms with Gasteiger partial charge in [0.15, 0.2) is 17.5 Å². The van der Waals surface area contributed by atoms with Crippen LogP contribution in [0.2, 0.25) is 0 Å². The molecule has 0 radical (unpaired) electrons. The van der Waals surface area contributed by atoms with E-state index in [4.69, 9.17) is 0 Å². The number of amides is 1. The minimum Gasteiger partial charge on any atom is -0.321 e. The van der Waals surface area contributed by atoms with Crippen molar-refractivity contribution >= 4 is 23.4 Å². The Hall–Kier alpha value is -2.64. The molecule has 0 aliphatic carbocycles. The predicted molar refractivity (Wildman–Crippen MR) is 115 cm³/mol. The number of aromatic nitrogens is 3. The lowest BCUT2D eigenvalue weighted by atomic mass is 10.2. The summed E-state index contributed by atoms with van der Waals surface area (Å²) in [4.78, 5) is 13.8. The second-order valence-electron chi connectivity index (χ2n) is 7.37. The molecule has 29 heavy (non-hydrogen) atoms. The summed E-state index contributed by atoms with van der Waals surface area (Å²) in [6.45, 7) is 1.42. The highest BCUT2D eigenvalue weighted by atomic mass is 32.2. The van der Waals surface area contributed by atoms with E-state index in [2.05, 4.69) is 44.3 Å². The van der Waals surface area contributed by atoms with Gasteiger partial charge < -0.3 is 14.8 Å². The summed E-state index contributed by atoms with van der Waals surface area (Å²) in [7, 11) is 2.03. The summed E-state index contributed by atoms with van der Waals surface area (Å²) in [6, 6.07) is 20.2. The standard InChI is InChI=1S/C22H25N5OS/c1-26-21(24-25-22(26)29-16-17-9-4-2-5-10-17)19-13-8-14-27(19)15-20(28)23-18-11-6-3-7-12-18/h2-7,9-12,19H,8,13-16H2,1H3,(H,23,28)/p+1/t19-/m1/s1. The van der Waals surface area contributed by atoms with Crippen LogP contribution in [0.4, 0.5) is 5.69 Å². The highest BCUT2D eigenvalue weighted by Crippen LogP contribution is 2.24. The zero-order valence-electron chi connectivity index (χ0n) is 16.5. The van der Waals surface area contributed by atoms with Crippen molar-refractivity contribution in [2.24, 2.45) is 7.05 Å². The van der Waals surface area contributed by atoms with E-state index in [-0.39, 0.29) is 11.9 Å². The van der Waals surface area contributed by atoms with Gasteiger partial charge in [-0.25, -0.2) is 0 Å². The molecule has 3 aromatic rings. The SMILES string of the molecule is Cn1c(SCc2ccccc2)nnc1[C@H]1CCC[NH+]1CC(=O)Nc1ccccc1. The van der Waals surface area contributed by atoms with Crippen LogP contribution in [-0.2, 0) is 17.6 Å². The number of nitrogens with one attached hydrogen (secondary N) is 2. The predicted octanol–water partition coefficient (Wildman–Crippen LogP) is 2.47. The molecule has 1 aliphatic heterocycles. The number of benzene rings is 2. The molecule has 2 atom stereocenters. The molecule has 0 spiro atoms. The minimum atomic E-state index is 0.0407. The van der Waals surface area contributed by atoms with Crippen LogP contribution in [0.15, 0.2) is 65.8 Å². The fraction of sp³-hybridized carbons (Fsp3) is 0.318. The van der Waals surface area contributed by atoms with Gasteiger partial charge in [0.2, 0.25) is 0 Å². The molecule has 7 heteroatoms. The second-order valence-corrected chi connectivity index (χ2v) is 8.31. The lowest BCUT2D eigenvalue weighted by Crippen LogP contribution is -3.11. The second kappa shape index (κ2) is 9.24. The maximum atomic E-state index is 12.5. The highest BCUT2D eigenvalue weighted by molar-refractivity contribution is 7.98. The number of para-hydroxylation sites is 1. The number of likely N-dealkylation sites (tertiary alicyclic amines) is 1. The maximum Gasteiger partial charge on any atom is 0.279 e. The number of thioether (sulfide) groups is 1. The summed E-state index contributed by atoms with van der Waals surface area (Å²) in [6.07, 6.45) is 2.13. The molecule has 6 nitrogen and oxygen atoms in total. The monoisotopic (exact) mass is 408 g/mol. The van der Waals surface area contributed by atoms with E-state index in [1.165, 1.54) is 10.5 Å². The fourth-order valence-electron chi connectivity index (χ4n) is 3.85. The first-order valence-corrected chi connectivity index (χ1v) is 10.9. The van der Waals surface area contributed by atoms with E-state index in [1.807, 2.05) is 43.4 Å². The van der Waals surface area contributed by atoms with Crippen molar-refractivity contribution < 1.29 is 9.69 Å². The summed E-state index contributed by atoms with van der Waals surface area (Å²) in [5.74, 6) is 1.88. The first-order valence-electron chi connectivity index (χ1n) is 9.96. The number of hydrogen-bond acceptors (Lipinski definition) is 4. The van der Waals surface area contributed by atoms with Crippen molar-refractivity contribution in [1.82, 2.24) is 14.8 Å². The van der Waals surface area contributed by atoms with Gasteiger partial charge >= 0.3 is 0 Å². The molecular formula is C22H26N5OS+. The molecule has 1 aliphatic rings. The Balaban J connectivity index is 1.39. The molecule has 1 amide bonds. The van der Waals surface area contributed by atoms with Crippen molar-refractivity contribution in [2.75, 3.05) is 18.4 Å². The first kappa shape index (κ1) is 19.7. The van der Waals surface area contributed by atoms with Gasteiger partial charge in [0.1, 0.15) is 6.04 Å². The number of nitrogens with zero attached hydrogens (tertiary/aromatic N) is 3. The molecule has 1 aromatic heterocycles. The van der Waals surface area contributed by atoms with Crippen molar-refractivity contribution in [2.45, 2.75) is 29.8 Å². The topological polar surface area (TPSA) is 64.2 Å². The molecule has 2 aromatic carbocycles. The van der Waals surface area contributed by atoms with E-state index >= 15 is 0 Å². The normalized spacial score (nSPS) is 18.7. The zero-order chi connectivity index (χ0) is 20.1. The Labute approximate surface area is 175 Å². The Morgan fingerprint density at radius 3 is 2.62 bits per heavy atom. The largest absolute Gasteiger partial charge is 0.321 e. The van der Waals surface area contributed by atoms with E-state index in [9.17, 15) is 4.79 Å². The molecule has 2 N–H and O–H groups in total. The average molecular weight is 409 g/mol. The molecule has 1 saturated heterocycles. The average Bonchev–Trinajstić information content (AvgIpc) is 3.34. The Kier molecular flexibility index (Phi) is 6.27. The van der Waals surface area contributed by atoms with Gasteiger partial charge in [0, 0.05) is 31.3 Å². The summed E-state index contributed by atoms with van der Waals surface area (Å²) < 4.78 is 2.10. The summed E-state index contributed by atoms with van der Waals surface area (Å²) in [5.41, 5.74) is 2.11. The molecule has 1 unspecified atom stereocenters. The summed E-state index contributed by atoms with van der Waals surface area (Å²) >= 11 is 1.70.